The Morgan fingerprint density at radius 1 is 1.22 bits per heavy atom. The topological polar surface area (TPSA) is 94.3 Å². The Hall–Kier alpha value is -3.85. The molecule has 0 atom stereocenters. The summed E-state index contributed by atoms with van der Waals surface area (Å²) >= 11 is 1.50. The van der Waals surface area contributed by atoms with E-state index in [-0.39, 0.29) is 5.91 Å². The molecule has 1 fully saturated rings. The van der Waals surface area contributed by atoms with E-state index in [4.69, 9.17) is 19.9 Å². The van der Waals surface area contributed by atoms with Crippen molar-refractivity contribution in [2.75, 3.05) is 12.4 Å². The molecule has 1 saturated carbocycles. The SMILES string of the molecule is CO/N=C/c1ccc(-n2nc(-c3ccc(CC4CC4)nc3)c3c2-c2sc(NC(C)=O)nc2CC3)cc1. The van der Waals surface area contributed by atoms with E-state index in [9.17, 15) is 4.79 Å². The maximum atomic E-state index is 11.7. The highest BCUT2D eigenvalue weighted by molar-refractivity contribution is 7.19. The third-order valence-electron chi connectivity index (χ3n) is 6.53. The first-order valence-corrected chi connectivity index (χ1v) is 12.9. The molecule has 36 heavy (non-hydrogen) atoms. The normalized spacial score (nSPS) is 14.5. The summed E-state index contributed by atoms with van der Waals surface area (Å²) in [7, 11) is 1.53. The minimum Gasteiger partial charge on any atom is -0.399 e. The predicted molar refractivity (Wildman–Crippen MR) is 141 cm³/mol. The molecular weight excluding hydrogens is 472 g/mol. The molecular formula is C27H26N6O2S. The van der Waals surface area contributed by atoms with Crippen LogP contribution in [0.3, 0.4) is 0 Å². The zero-order chi connectivity index (χ0) is 24.6. The van der Waals surface area contributed by atoms with E-state index in [2.05, 4.69) is 22.6 Å². The van der Waals surface area contributed by atoms with E-state index < -0.39 is 0 Å². The Morgan fingerprint density at radius 2 is 2.06 bits per heavy atom. The summed E-state index contributed by atoms with van der Waals surface area (Å²) in [6, 6.07) is 12.3. The number of carbonyl (C=O) groups excluding carboxylic acids is 1. The lowest BCUT2D eigenvalue weighted by atomic mass is 9.95. The van der Waals surface area contributed by atoms with Crippen LogP contribution in [0, 0.1) is 5.92 Å². The monoisotopic (exact) mass is 498 g/mol. The molecule has 6 rings (SSSR count). The number of nitrogens with one attached hydrogen (secondary N) is 1. The van der Waals surface area contributed by atoms with Gasteiger partial charge in [-0.3, -0.25) is 9.78 Å². The van der Waals surface area contributed by atoms with Crippen molar-refractivity contribution < 1.29 is 9.63 Å². The maximum absolute atomic E-state index is 11.7. The summed E-state index contributed by atoms with van der Waals surface area (Å²) in [5, 5.41) is 12.4. The van der Waals surface area contributed by atoms with E-state index in [1.54, 1.807) is 6.21 Å². The number of aryl methyl sites for hydroxylation is 1. The van der Waals surface area contributed by atoms with Crippen molar-refractivity contribution in [3.63, 3.8) is 0 Å². The van der Waals surface area contributed by atoms with Crippen LogP contribution in [0.2, 0.25) is 0 Å². The van der Waals surface area contributed by atoms with Gasteiger partial charge in [0, 0.05) is 29.9 Å². The van der Waals surface area contributed by atoms with E-state index in [1.807, 2.05) is 35.1 Å². The molecule has 0 aliphatic heterocycles. The summed E-state index contributed by atoms with van der Waals surface area (Å²) in [5.41, 5.74) is 8.18. The lowest BCUT2D eigenvalue weighted by molar-refractivity contribution is -0.114. The fourth-order valence-corrected chi connectivity index (χ4v) is 5.73. The third-order valence-corrected chi connectivity index (χ3v) is 7.55. The number of fused-ring (bicyclic) bond motifs is 3. The largest absolute Gasteiger partial charge is 0.399 e. The lowest BCUT2D eigenvalue weighted by Gasteiger charge is -2.14. The van der Waals surface area contributed by atoms with Gasteiger partial charge in [0.2, 0.25) is 5.91 Å². The second-order valence-corrected chi connectivity index (χ2v) is 10.3. The van der Waals surface area contributed by atoms with Crippen LogP contribution in [0.15, 0.2) is 47.8 Å². The molecule has 9 heteroatoms. The Bertz CT molecular complexity index is 1450. The van der Waals surface area contributed by atoms with E-state index >= 15 is 0 Å². The number of aromatic nitrogens is 4. The smallest absolute Gasteiger partial charge is 0.223 e. The third kappa shape index (κ3) is 4.42. The summed E-state index contributed by atoms with van der Waals surface area (Å²) in [5.74, 6) is 0.677. The zero-order valence-electron chi connectivity index (χ0n) is 20.2. The molecule has 1 aromatic carbocycles. The quantitative estimate of drug-likeness (QED) is 0.284. The molecule has 0 unspecified atom stereocenters. The average Bonchev–Trinajstić information content (AvgIpc) is 3.46. The van der Waals surface area contributed by atoms with Crippen LogP contribution in [0.5, 0.6) is 0 Å². The molecule has 0 bridgehead atoms. The van der Waals surface area contributed by atoms with Crippen molar-refractivity contribution in [2.45, 2.75) is 39.0 Å². The van der Waals surface area contributed by atoms with Gasteiger partial charge in [0.25, 0.3) is 0 Å². The van der Waals surface area contributed by atoms with Crippen molar-refractivity contribution in [2.24, 2.45) is 11.1 Å². The first-order chi connectivity index (χ1) is 17.6. The number of benzene rings is 1. The molecule has 0 radical (unpaired) electrons. The molecule has 0 saturated heterocycles. The van der Waals surface area contributed by atoms with Gasteiger partial charge in [-0.1, -0.05) is 28.6 Å². The molecule has 0 spiro atoms. The van der Waals surface area contributed by atoms with E-state index in [0.29, 0.717) is 5.13 Å². The van der Waals surface area contributed by atoms with E-state index in [1.165, 1.54) is 43.8 Å². The van der Waals surface area contributed by atoms with Crippen LogP contribution in [0.1, 0.15) is 42.3 Å². The van der Waals surface area contributed by atoms with Gasteiger partial charge in [-0.05, 0) is 67.9 Å². The number of hydrogen-bond acceptors (Lipinski definition) is 7. The van der Waals surface area contributed by atoms with Crippen LogP contribution in [-0.4, -0.2) is 39.0 Å². The number of nitrogens with zero attached hydrogens (tertiary/aromatic N) is 5. The number of anilines is 1. The number of rotatable bonds is 7. The van der Waals surface area contributed by atoms with Crippen LogP contribution in [0.4, 0.5) is 5.13 Å². The number of pyridine rings is 1. The second kappa shape index (κ2) is 9.31. The van der Waals surface area contributed by atoms with Crippen molar-refractivity contribution in [1.29, 1.82) is 0 Å². The molecule has 3 aromatic heterocycles. The van der Waals surface area contributed by atoms with Crippen molar-refractivity contribution in [3.05, 3.63) is 65.1 Å². The zero-order valence-corrected chi connectivity index (χ0v) is 21.0. The van der Waals surface area contributed by atoms with Crippen LogP contribution >= 0.6 is 11.3 Å². The Morgan fingerprint density at radius 3 is 2.75 bits per heavy atom. The number of amides is 1. The highest BCUT2D eigenvalue weighted by atomic mass is 32.1. The van der Waals surface area contributed by atoms with Crippen LogP contribution < -0.4 is 5.32 Å². The van der Waals surface area contributed by atoms with Gasteiger partial charge in [0.15, 0.2) is 5.13 Å². The Kier molecular flexibility index (Phi) is 5.85. The molecule has 182 valence electrons. The fourth-order valence-electron chi connectivity index (χ4n) is 4.61. The van der Waals surface area contributed by atoms with Crippen molar-refractivity contribution in [3.8, 4) is 27.5 Å². The number of hydrogen-bond donors (Lipinski definition) is 1. The minimum absolute atomic E-state index is 0.124. The van der Waals surface area contributed by atoms with Gasteiger partial charge in [-0.2, -0.15) is 5.10 Å². The van der Waals surface area contributed by atoms with Crippen molar-refractivity contribution in [1.82, 2.24) is 19.7 Å². The summed E-state index contributed by atoms with van der Waals surface area (Å²) in [6.07, 6.45) is 8.94. The number of carbonyl (C=O) groups is 1. The minimum atomic E-state index is -0.124. The van der Waals surface area contributed by atoms with Crippen LogP contribution in [0.25, 0.3) is 27.5 Å². The predicted octanol–water partition coefficient (Wildman–Crippen LogP) is 5.05. The van der Waals surface area contributed by atoms with Crippen molar-refractivity contribution >= 4 is 28.6 Å². The highest BCUT2D eigenvalue weighted by Gasteiger charge is 2.30. The van der Waals surface area contributed by atoms with Gasteiger partial charge >= 0.3 is 0 Å². The van der Waals surface area contributed by atoms with Gasteiger partial charge in [0.1, 0.15) is 7.11 Å². The second-order valence-electron chi connectivity index (χ2n) is 9.26. The first-order valence-electron chi connectivity index (χ1n) is 12.1. The molecule has 2 aliphatic rings. The number of thiazole rings is 1. The maximum Gasteiger partial charge on any atom is 0.223 e. The van der Waals surface area contributed by atoms with Gasteiger partial charge in [0.05, 0.1) is 33.9 Å². The number of oxime groups is 1. The van der Waals surface area contributed by atoms with E-state index in [0.717, 1.165) is 69.6 Å². The Labute approximate surface area is 213 Å². The standard InChI is InChI=1S/C27H26N6O2S/c1-16(34)30-27-31-23-12-11-22-24(19-7-8-20(28-15-19)13-17-3-4-17)32-33(25(22)26(23)36-27)21-9-5-18(6-10-21)14-29-35-2/h5-10,14-15,17H,3-4,11-13H2,1-2H3,(H,30,31,34)/b29-14+. The van der Waals surface area contributed by atoms with Gasteiger partial charge in [-0.25, -0.2) is 9.67 Å². The fraction of sp³-hybridized carbons (Fsp3) is 0.296. The summed E-state index contributed by atoms with van der Waals surface area (Å²) in [4.78, 5) is 27.0. The first kappa shape index (κ1) is 22.6. The molecule has 1 amide bonds. The summed E-state index contributed by atoms with van der Waals surface area (Å²) in [6.45, 7) is 1.50. The molecule has 3 heterocycles. The Balaban J connectivity index is 1.45. The van der Waals surface area contributed by atoms with Gasteiger partial charge in [-0.15, -0.1) is 0 Å². The average molecular weight is 499 g/mol. The summed E-state index contributed by atoms with van der Waals surface area (Å²) < 4.78 is 1.99. The molecule has 8 nitrogen and oxygen atoms in total. The highest BCUT2D eigenvalue weighted by Crippen LogP contribution is 2.44. The molecule has 2 aliphatic carbocycles. The molecule has 1 N–H and O–H groups in total. The lowest BCUT2D eigenvalue weighted by Crippen LogP contribution is -2.07. The van der Waals surface area contributed by atoms with Gasteiger partial charge < -0.3 is 10.2 Å². The molecule has 4 aromatic rings. The van der Waals surface area contributed by atoms with Crippen LogP contribution in [-0.2, 0) is 28.9 Å².